The first-order chi connectivity index (χ1) is 9.69. The molecule has 0 amide bonds. The van der Waals surface area contributed by atoms with Crippen LogP contribution in [0.5, 0.6) is 11.5 Å². The molecule has 0 saturated carbocycles. The second kappa shape index (κ2) is 7.67. The molecular weight excluding hydrogens is 338 g/mol. The van der Waals surface area contributed by atoms with Gasteiger partial charge in [-0.25, -0.2) is 0 Å². The lowest BCUT2D eigenvalue weighted by atomic mass is 10.2. The maximum absolute atomic E-state index is 5.93. The summed E-state index contributed by atoms with van der Waals surface area (Å²) in [5.41, 5.74) is 1.13. The topological polar surface area (TPSA) is 21.3 Å². The first-order valence-electron chi connectivity index (χ1n) is 6.61. The summed E-state index contributed by atoms with van der Waals surface area (Å²) < 4.78 is 6.98. The van der Waals surface area contributed by atoms with Gasteiger partial charge in [0.1, 0.15) is 11.5 Å². The zero-order valence-corrected chi connectivity index (χ0v) is 13.7. The van der Waals surface area contributed by atoms with Gasteiger partial charge < -0.3 is 10.1 Å². The molecule has 2 aromatic rings. The quantitative estimate of drug-likeness (QED) is 0.702. The summed E-state index contributed by atoms with van der Waals surface area (Å²) in [6.45, 7) is 3.93. The van der Waals surface area contributed by atoms with Crippen molar-refractivity contribution in [3.05, 3.63) is 57.5 Å². The van der Waals surface area contributed by atoms with E-state index in [4.69, 9.17) is 16.3 Å². The Balaban J connectivity index is 2.15. The minimum absolute atomic E-state index is 0.706. The van der Waals surface area contributed by atoms with Gasteiger partial charge in [0, 0.05) is 21.6 Å². The second-order valence-electron chi connectivity index (χ2n) is 4.48. The zero-order valence-electron chi connectivity index (χ0n) is 11.3. The highest BCUT2D eigenvalue weighted by atomic mass is 79.9. The molecule has 0 unspecified atom stereocenters. The highest BCUT2D eigenvalue weighted by Gasteiger charge is 2.06. The van der Waals surface area contributed by atoms with Crippen molar-refractivity contribution < 1.29 is 4.74 Å². The molecule has 0 saturated heterocycles. The standard InChI is InChI=1S/C16H17BrClNO/c1-2-9-19-11-12-10-13(17)3-8-16(12)20-15-6-4-14(18)5-7-15/h3-8,10,19H,2,9,11H2,1H3. The minimum atomic E-state index is 0.706. The van der Waals surface area contributed by atoms with Crippen molar-refractivity contribution in [2.45, 2.75) is 19.9 Å². The van der Waals surface area contributed by atoms with Crippen LogP contribution in [-0.2, 0) is 6.54 Å². The zero-order chi connectivity index (χ0) is 14.4. The minimum Gasteiger partial charge on any atom is -0.457 e. The summed E-state index contributed by atoms with van der Waals surface area (Å²) in [6.07, 6.45) is 1.11. The molecule has 0 spiro atoms. The van der Waals surface area contributed by atoms with Crippen LogP contribution in [0.3, 0.4) is 0 Å². The van der Waals surface area contributed by atoms with Crippen molar-refractivity contribution in [2.75, 3.05) is 6.54 Å². The largest absolute Gasteiger partial charge is 0.457 e. The van der Waals surface area contributed by atoms with E-state index in [0.717, 1.165) is 41.0 Å². The Bertz CT molecular complexity index is 557. The van der Waals surface area contributed by atoms with Crippen molar-refractivity contribution in [3.63, 3.8) is 0 Å². The molecule has 2 rings (SSSR count). The van der Waals surface area contributed by atoms with Crippen LogP contribution in [-0.4, -0.2) is 6.54 Å². The molecule has 0 radical (unpaired) electrons. The Morgan fingerprint density at radius 1 is 1.15 bits per heavy atom. The van der Waals surface area contributed by atoms with E-state index < -0.39 is 0 Å². The van der Waals surface area contributed by atoms with Gasteiger partial charge >= 0.3 is 0 Å². The number of benzene rings is 2. The van der Waals surface area contributed by atoms with Crippen LogP contribution in [0.25, 0.3) is 0 Å². The Hall–Kier alpha value is -1.03. The number of hydrogen-bond donors (Lipinski definition) is 1. The van der Waals surface area contributed by atoms with Crippen LogP contribution in [0, 0.1) is 0 Å². The molecule has 106 valence electrons. The van der Waals surface area contributed by atoms with Crippen molar-refractivity contribution in [3.8, 4) is 11.5 Å². The molecule has 0 bridgehead atoms. The van der Waals surface area contributed by atoms with Gasteiger partial charge in [0.2, 0.25) is 0 Å². The van der Waals surface area contributed by atoms with Gasteiger partial charge in [-0.2, -0.15) is 0 Å². The maximum Gasteiger partial charge on any atom is 0.131 e. The third kappa shape index (κ3) is 4.51. The highest BCUT2D eigenvalue weighted by Crippen LogP contribution is 2.28. The lowest BCUT2D eigenvalue weighted by Gasteiger charge is -2.12. The predicted molar refractivity (Wildman–Crippen MR) is 87.7 cm³/mol. The monoisotopic (exact) mass is 353 g/mol. The Morgan fingerprint density at radius 2 is 1.90 bits per heavy atom. The molecule has 0 aromatic heterocycles. The third-order valence-electron chi connectivity index (χ3n) is 2.81. The van der Waals surface area contributed by atoms with E-state index in [9.17, 15) is 0 Å². The van der Waals surface area contributed by atoms with Gasteiger partial charge in [0.05, 0.1) is 0 Å². The molecule has 0 aliphatic carbocycles. The summed E-state index contributed by atoms with van der Waals surface area (Å²) in [5.74, 6) is 1.65. The van der Waals surface area contributed by atoms with E-state index in [1.807, 2.05) is 36.4 Å². The predicted octanol–water partition coefficient (Wildman–Crippen LogP) is 5.39. The van der Waals surface area contributed by atoms with E-state index in [1.165, 1.54) is 0 Å². The second-order valence-corrected chi connectivity index (χ2v) is 5.84. The number of halogens is 2. The first kappa shape index (κ1) is 15.4. The fraction of sp³-hybridized carbons (Fsp3) is 0.250. The molecule has 20 heavy (non-hydrogen) atoms. The average Bonchev–Trinajstić information content (AvgIpc) is 2.44. The van der Waals surface area contributed by atoms with Crippen molar-refractivity contribution in [2.24, 2.45) is 0 Å². The molecule has 0 atom stereocenters. The van der Waals surface area contributed by atoms with Gasteiger partial charge in [-0.05, 0) is 55.4 Å². The normalized spacial score (nSPS) is 10.6. The number of ether oxygens (including phenoxy) is 1. The third-order valence-corrected chi connectivity index (χ3v) is 3.55. The highest BCUT2D eigenvalue weighted by molar-refractivity contribution is 9.10. The van der Waals surface area contributed by atoms with Gasteiger partial charge in [-0.1, -0.05) is 34.5 Å². The van der Waals surface area contributed by atoms with E-state index in [1.54, 1.807) is 0 Å². The number of rotatable bonds is 6. The Kier molecular flexibility index (Phi) is 5.89. The van der Waals surface area contributed by atoms with E-state index in [-0.39, 0.29) is 0 Å². The molecule has 0 aliphatic rings. The van der Waals surface area contributed by atoms with Crippen molar-refractivity contribution >= 4 is 27.5 Å². The van der Waals surface area contributed by atoms with E-state index in [0.29, 0.717) is 5.02 Å². The van der Waals surface area contributed by atoms with Crippen LogP contribution < -0.4 is 10.1 Å². The number of nitrogens with one attached hydrogen (secondary N) is 1. The summed E-state index contributed by atoms with van der Waals surface area (Å²) in [4.78, 5) is 0. The van der Waals surface area contributed by atoms with Crippen molar-refractivity contribution in [1.29, 1.82) is 0 Å². The van der Waals surface area contributed by atoms with Gasteiger partial charge in [-0.3, -0.25) is 0 Å². The maximum atomic E-state index is 5.93. The molecule has 2 nitrogen and oxygen atoms in total. The van der Waals surface area contributed by atoms with E-state index in [2.05, 4.69) is 34.2 Å². The number of hydrogen-bond acceptors (Lipinski definition) is 2. The molecule has 0 fully saturated rings. The molecule has 0 aliphatic heterocycles. The lowest BCUT2D eigenvalue weighted by Crippen LogP contribution is -2.14. The van der Waals surface area contributed by atoms with Crippen molar-refractivity contribution in [1.82, 2.24) is 5.32 Å². The average molecular weight is 355 g/mol. The molecule has 4 heteroatoms. The Labute approximate surface area is 133 Å². The summed E-state index contributed by atoms with van der Waals surface area (Å²) in [7, 11) is 0. The van der Waals surface area contributed by atoms with Gasteiger partial charge in [0.25, 0.3) is 0 Å². The summed E-state index contributed by atoms with van der Waals surface area (Å²) in [6, 6.07) is 13.4. The fourth-order valence-electron chi connectivity index (χ4n) is 1.82. The molecule has 1 N–H and O–H groups in total. The van der Waals surface area contributed by atoms with Crippen LogP contribution in [0.4, 0.5) is 0 Å². The van der Waals surface area contributed by atoms with Gasteiger partial charge in [-0.15, -0.1) is 0 Å². The Morgan fingerprint density at radius 3 is 2.60 bits per heavy atom. The summed E-state index contributed by atoms with van der Waals surface area (Å²) in [5, 5.41) is 4.10. The van der Waals surface area contributed by atoms with E-state index >= 15 is 0 Å². The van der Waals surface area contributed by atoms with Crippen LogP contribution in [0.1, 0.15) is 18.9 Å². The van der Waals surface area contributed by atoms with Gasteiger partial charge in [0.15, 0.2) is 0 Å². The molecular formula is C16H17BrClNO. The van der Waals surface area contributed by atoms with Crippen LogP contribution >= 0.6 is 27.5 Å². The smallest absolute Gasteiger partial charge is 0.131 e. The fourth-order valence-corrected chi connectivity index (χ4v) is 2.35. The first-order valence-corrected chi connectivity index (χ1v) is 7.78. The molecule has 2 aromatic carbocycles. The lowest BCUT2D eigenvalue weighted by molar-refractivity contribution is 0.472. The van der Waals surface area contributed by atoms with Crippen LogP contribution in [0.15, 0.2) is 46.9 Å². The van der Waals surface area contributed by atoms with Crippen LogP contribution in [0.2, 0.25) is 5.02 Å². The SMILES string of the molecule is CCCNCc1cc(Br)ccc1Oc1ccc(Cl)cc1. The summed E-state index contributed by atoms with van der Waals surface area (Å²) >= 11 is 9.38. The molecule has 0 heterocycles.